The third-order valence-electron chi connectivity index (χ3n) is 3.72. The number of fused-ring (bicyclic) bond motifs is 1. The number of carbonyl (C=O) groups excluding carboxylic acids is 2. The number of aromatic nitrogens is 3. The number of ketones is 2. The zero-order valence-electron chi connectivity index (χ0n) is 12.8. The van der Waals surface area contributed by atoms with Gasteiger partial charge >= 0.3 is 0 Å². The first kappa shape index (κ1) is 14.9. The fourth-order valence-corrected chi connectivity index (χ4v) is 2.52. The number of Topliss-reactive ketones (excluding diaryl/α,β-unsaturated/α-hetero) is 1. The van der Waals surface area contributed by atoms with Gasteiger partial charge in [-0.3, -0.25) is 14.6 Å². The molecule has 0 bridgehead atoms. The Morgan fingerprint density at radius 2 is 1.84 bits per heavy atom. The van der Waals surface area contributed by atoms with Crippen molar-refractivity contribution in [2.75, 3.05) is 5.32 Å². The molecule has 6 nitrogen and oxygen atoms in total. The number of H-pyrrole nitrogens is 1. The lowest BCUT2D eigenvalue weighted by molar-refractivity contribution is 0.0980. The summed E-state index contributed by atoms with van der Waals surface area (Å²) in [5.41, 5.74) is 1.31. The van der Waals surface area contributed by atoms with Gasteiger partial charge in [-0.15, -0.1) is 0 Å². The fourth-order valence-electron chi connectivity index (χ4n) is 2.52. The molecule has 2 aromatic heterocycles. The Morgan fingerprint density at radius 3 is 2.56 bits per heavy atom. The lowest BCUT2D eigenvalue weighted by Crippen LogP contribution is -2.21. The topological polar surface area (TPSA) is 87.7 Å². The highest BCUT2D eigenvalue weighted by atomic mass is 19.1. The summed E-state index contributed by atoms with van der Waals surface area (Å²) in [5.74, 6) is -0.823. The van der Waals surface area contributed by atoms with Crippen LogP contribution in [0, 0.1) is 5.82 Å². The highest BCUT2D eigenvalue weighted by Crippen LogP contribution is 2.24. The largest absolute Gasteiger partial charge is 0.352 e. The molecule has 0 saturated carbocycles. The second kappa shape index (κ2) is 5.79. The summed E-state index contributed by atoms with van der Waals surface area (Å²) < 4.78 is 13.0. The van der Waals surface area contributed by atoms with E-state index in [-0.39, 0.29) is 22.9 Å². The zero-order chi connectivity index (χ0) is 17.4. The zero-order valence-corrected chi connectivity index (χ0v) is 12.8. The van der Waals surface area contributed by atoms with Crippen molar-refractivity contribution >= 4 is 17.3 Å². The molecule has 0 unspecified atom stereocenters. The Balaban J connectivity index is 1.67. The number of imidazole rings is 1. The molecule has 2 heterocycles. The lowest BCUT2D eigenvalue weighted by atomic mass is 10.0. The molecule has 25 heavy (non-hydrogen) atoms. The molecular formula is C18H11FN4O2. The monoisotopic (exact) mass is 334 g/mol. The van der Waals surface area contributed by atoms with Crippen LogP contribution in [0.25, 0.3) is 11.5 Å². The Bertz CT molecular complexity index is 1010. The highest BCUT2D eigenvalue weighted by Gasteiger charge is 2.30. The number of hydrogen-bond donors (Lipinski definition) is 2. The summed E-state index contributed by atoms with van der Waals surface area (Å²) in [6, 6.07) is 10.8. The third kappa shape index (κ3) is 2.72. The number of nitrogens with one attached hydrogen (secondary N) is 2. The summed E-state index contributed by atoms with van der Waals surface area (Å²) in [4.78, 5) is 36.1. The van der Waals surface area contributed by atoms with E-state index in [0.717, 1.165) is 0 Å². The van der Waals surface area contributed by atoms with Crippen molar-refractivity contribution in [1.82, 2.24) is 15.0 Å². The van der Waals surface area contributed by atoms with E-state index in [4.69, 9.17) is 0 Å². The molecule has 0 radical (unpaired) electrons. The highest BCUT2D eigenvalue weighted by molar-refractivity contribution is 6.24. The maximum atomic E-state index is 13.0. The molecule has 122 valence electrons. The van der Waals surface area contributed by atoms with E-state index < -0.39 is 11.6 Å². The van der Waals surface area contributed by atoms with Gasteiger partial charge in [0.2, 0.25) is 11.6 Å². The van der Waals surface area contributed by atoms with Gasteiger partial charge in [-0.1, -0.05) is 6.07 Å². The molecule has 1 aliphatic carbocycles. The van der Waals surface area contributed by atoms with E-state index in [2.05, 4.69) is 20.3 Å². The first-order valence-corrected chi connectivity index (χ1v) is 7.46. The van der Waals surface area contributed by atoms with Crippen molar-refractivity contribution in [3.63, 3.8) is 0 Å². The van der Waals surface area contributed by atoms with E-state index in [1.165, 1.54) is 30.3 Å². The van der Waals surface area contributed by atoms with Crippen molar-refractivity contribution in [3.8, 4) is 11.5 Å². The summed E-state index contributed by atoms with van der Waals surface area (Å²) in [7, 11) is 0. The summed E-state index contributed by atoms with van der Waals surface area (Å²) >= 11 is 0. The van der Waals surface area contributed by atoms with Crippen LogP contribution >= 0.6 is 0 Å². The van der Waals surface area contributed by atoms with Crippen LogP contribution in [0.4, 0.5) is 10.1 Å². The number of hydrogen-bond acceptors (Lipinski definition) is 5. The first-order chi connectivity index (χ1) is 12.1. The van der Waals surface area contributed by atoms with Crippen LogP contribution in [0.2, 0.25) is 0 Å². The van der Waals surface area contributed by atoms with E-state index >= 15 is 0 Å². The quantitative estimate of drug-likeness (QED) is 0.769. The van der Waals surface area contributed by atoms with Crippen molar-refractivity contribution in [3.05, 3.63) is 77.6 Å². The SMILES string of the molecule is O=C1C=C(Nc2ccc(F)cc2)C(=O)c2[nH]c(-c3ccccn3)nc21. The van der Waals surface area contributed by atoms with E-state index in [1.807, 2.05) is 0 Å². The molecule has 0 spiro atoms. The van der Waals surface area contributed by atoms with Crippen molar-refractivity contribution in [2.45, 2.75) is 0 Å². The maximum absolute atomic E-state index is 13.0. The van der Waals surface area contributed by atoms with Crippen LogP contribution in [0.3, 0.4) is 0 Å². The molecule has 0 aliphatic heterocycles. The summed E-state index contributed by atoms with van der Waals surface area (Å²) in [6.45, 7) is 0. The smallest absolute Gasteiger partial charge is 0.227 e. The van der Waals surface area contributed by atoms with E-state index in [9.17, 15) is 14.0 Å². The van der Waals surface area contributed by atoms with Crippen molar-refractivity contribution < 1.29 is 14.0 Å². The van der Waals surface area contributed by atoms with Gasteiger partial charge in [0.05, 0.1) is 5.70 Å². The van der Waals surface area contributed by atoms with Gasteiger partial charge in [0.25, 0.3) is 0 Å². The molecule has 0 fully saturated rings. The normalized spacial score (nSPS) is 13.4. The van der Waals surface area contributed by atoms with Crippen LogP contribution in [-0.4, -0.2) is 26.5 Å². The number of allylic oxidation sites excluding steroid dienone is 2. The Kier molecular flexibility index (Phi) is 3.46. The van der Waals surface area contributed by atoms with Crippen LogP contribution in [0.5, 0.6) is 0 Å². The number of benzene rings is 1. The molecule has 1 aliphatic rings. The average Bonchev–Trinajstić information content (AvgIpc) is 3.08. The number of carbonyl (C=O) groups is 2. The second-order valence-electron chi connectivity index (χ2n) is 5.41. The van der Waals surface area contributed by atoms with Crippen molar-refractivity contribution in [2.24, 2.45) is 0 Å². The summed E-state index contributed by atoms with van der Waals surface area (Å²) in [5, 5.41) is 2.84. The molecule has 2 N–H and O–H groups in total. The lowest BCUT2D eigenvalue weighted by Gasteiger charge is -2.13. The van der Waals surface area contributed by atoms with Gasteiger partial charge in [-0.25, -0.2) is 9.37 Å². The molecule has 4 rings (SSSR count). The number of nitrogens with zero attached hydrogens (tertiary/aromatic N) is 2. The molecular weight excluding hydrogens is 323 g/mol. The number of rotatable bonds is 3. The van der Waals surface area contributed by atoms with Gasteiger partial charge in [0.1, 0.15) is 22.9 Å². The molecule has 0 atom stereocenters. The number of aromatic amines is 1. The maximum Gasteiger partial charge on any atom is 0.227 e. The minimum absolute atomic E-state index is 0.0651. The summed E-state index contributed by atoms with van der Waals surface area (Å²) in [6.07, 6.45) is 2.79. The molecule has 0 saturated heterocycles. The third-order valence-corrected chi connectivity index (χ3v) is 3.72. The molecule has 1 aromatic carbocycles. The Hall–Kier alpha value is -3.61. The van der Waals surface area contributed by atoms with Crippen LogP contribution < -0.4 is 5.32 Å². The number of pyridine rings is 1. The second-order valence-corrected chi connectivity index (χ2v) is 5.41. The van der Waals surface area contributed by atoms with Gasteiger partial charge in [0, 0.05) is 18.0 Å². The van der Waals surface area contributed by atoms with Crippen LogP contribution in [-0.2, 0) is 0 Å². The first-order valence-electron chi connectivity index (χ1n) is 7.46. The predicted molar refractivity (Wildman–Crippen MR) is 88.6 cm³/mol. The Labute approximate surface area is 141 Å². The standard InChI is InChI=1S/C18H11FN4O2/c19-10-4-6-11(7-5-10)21-13-9-14(24)15-16(17(13)25)23-18(22-15)12-3-1-2-8-20-12/h1-9,21H,(H,22,23). The minimum atomic E-state index is -0.395. The molecule has 7 heteroatoms. The van der Waals surface area contributed by atoms with Gasteiger partial charge in [0.15, 0.2) is 5.82 Å². The van der Waals surface area contributed by atoms with E-state index in [0.29, 0.717) is 17.2 Å². The molecule has 0 amide bonds. The van der Waals surface area contributed by atoms with Gasteiger partial charge in [-0.05, 0) is 36.4 Å². The van der Waals surface area contributed by atoms with Crippen LogP contribution in [0.15, 0.2) is 60.4 Å². The average molecular weight is 334 g/mol. The van der Waals surface area contributed by atoms with E-state index in [1.54, 1.807) is 24.4 Å². The fraction of sp³-hybridized carbons (Fsp3) is 0. The Morgan fingerprint density at radius 1 is 1.04 bits per heavy atom. The van der Waals surface area contributed by atoms with Gasteiger partial charge < -0.3 is 10.3 Å². The molecule has 3 aromatic rings. The van der Waals surface area contributed by atoms with Crippen LogP contribution in [0.1, 0.15) is 21.0 Å². The van der Waals surface area contributed by atoms with Crippen molar-refractivity contribution in [1.29, 1.82) is 0 Å². The van der Waals surface area contributed by atoms with Gasteiger partial charge in [-0.2, -0.15) is 0 Å². The minimum Gasteiger partial charge on any atom is -0.352 e. The number of anilines is 1. The predicted octanol–water partition coefficient (Wildman–Crippen LogP) is 2.99. The number of halogens is 1.